The lowest BCUT2D eigenvalue weighted by Crippen LogP contribution is -2.37. The molecule has 2 aliphatic rings. The highest BCUT2D eigenvalue weighted by atomic mass is 16.1. The summed E-state index contributed by atoms with van der Waals surface area (Å²) < 4.78 is 1.71. The maximum absolute atomic E-state index is 11.7. The van der Waals surface area contributed by atoms with Gasteiger partial charge in [0.1, 0.15) is 0 Å². The van der Waals surface area contributed by atoms with Crippen LogP contribution in [-0.4, -0.2) is 56.7 Å². The second-order valence-electron chi connectivity index (χ2n) is 6.95. The van der Waals surface area contributed by atoms with E-state index in [0.717, 1.165) is 61.3 Å². The molecular formula is C17H23N7O. The van der Waals surface area contributed by atoms with Gasteiger partial charge in [0.15, 0.2) is 5.69 Å². The molecule has 0 spiro atoms. The Kier molecular flexibility index (Phi) is 3.91. The summed E-state index contributed by atoms with van der Waals surface area (Å²) in [6.07, 6.45) is 5.58. The fourth-order valence-electron chi connectivity index (χ4n) is 3.76. The Morgan fingerprint density at radius 2 is 2.04 bits per heavy atom. The Hall–Kier alpha value is -2.48. The highest BCUT2D eigenvalue weighted by Gasteiger charge is 2.28. The largest absolute Gasteiger partial charge is 0.364 e. The van der Waals surface area contributed by atoms with Crippen molar-refractivity contribution < 1.29 is 4.79 Å². The minimum absolute atomic E-state index is 0.353. The van der Waals surface area contributed by atoms with Gasteiger partial charge in [-0.15, -0.1) is 0 Å². The number of nitrogens with two attached hydrogens (primary N) is 1. The van der Waals surface area contributed by atoms with Crippen molar-refractivity contribution in [1.82, 2.24) is 24.6 Å². The van der Waals surface area contributed by atoms with Gasteiger partial charge in [-0.2, -0.15) is 5.10 Å². The van der Waals surface area contributed by atoms with Crippen LogP contribution in [0, 0.1) is 0 Å². The first-order valence-corrected chi connectivity index (χ1v) is 8.70. The summed E-state index contributed by atoms with van der Waals surface area (Å²) in [5.74, 6) is 0.155. The zero-order valence-electron chi connectivity index (χ0n) is 14.6. The summed E-state index contributed by atoms with van der Waals surface area (Å²) in [7, 11) is 3.97. The van der Waals surface area contributed by atoms with E-state index in [2.05, 4.69) is 27.3 Å². The van der Waals surface area contributed by atoms with Crippen LogP contribution in [0.4, 0.5) is 5.95 Å². The number of hydrogen-bond donors (Lipinski definition) is 2. The maximum Gasteiger partial charge on any atom is 0.269 e. The Morgan fingerprint density at radius 3 is 2.76 bits per heavy atom. The lowest BCUT2D eigenvalue weighted by Gasteiger charge is -2.29. The number of aromatic nitrogens is 4. The summed E-state index contributed by atoms with van der Waals surface area (Å²) in [5.41, 5.74) is 9.54. The third-order valence-electron chi connectivity index (χ3n) is 5.16. The van der Waals surface area contributed by atoms with E-state index >= 15 is 0 Å². The van der Waals surface area contributed by atoms with Crippen molar-refractivity contribution in [2.75, 3.05) is 25.5 Å². The number of primary amides is 1. The number of likely N-dealkylation sites (tertiary alicyclic amines) is 1. The predicted octanol–water partition coefficient (Wildman–Crippen LogP) is 0.581. The van der Waals surface area contributed by atoms with Gasteiger partial charge in [0.05, 0.1) is 11.4 Å². The molecule has 132 valence electrons. The van der Waals surface area contributed by atoms with Gasteiger partial charge < -0.3 is 16.0 Å². The maximum atomic E-state index is 11.7. The van der Waals surface area contributed by atoms with Gasteiger partial charge in [-0.25, -0.2) is 9.97 Å². The fraction of sp³-hybridized carbons (Fsp3) is 0.529. The molecule has 0 bridgehead atoms. The van der Waals surface area contributed by atoms with Gasteiger partial charge in [-0.1, -0.05) is 0 Å². The third-order valence-corrected chi connectivity index (χ3v) is 5.16. The standard InChI is InChI=1S/C17H23N7O/c1-23-7-5-11(6-8-23)20-17-19-9-10-3-4-12-14(16(18)25)22-24(2)15(12)13(10)21-17/h9,11H,3-8H2,1-2H3,(H2,18,25)(H,19,20,21). The molecule has 3 N–H and O–H groups in total. The number of carbonyl (C=O) groups excluding carboxylic acids is 1. The van der Waals surface area contributed by atoms with E-state index in [4.69, 9.17) is 10.7 Å². The van der Waals surface area contributed by atoms with E-state index < -0.39 is 5.91 Å². The van der Waals surface area contributed by atoms with Crippen LogP contribution in [0.1, 0.15) is 34.5 Å². The highest BCUT2D eigenvalue weighted by molar-refractivity contribution is 5.94. The molecule has 0 aromatic carbocycles. The molecule has 0 unspecified atom stereocenters. The number of nitrogens with one attached hydrogen (secondary N) is 1. The van der Waals surface area contributed by atoms with Crippen LogP contribution < -0.4 is 11.1 Å². The topological polar surface area (TPSA) is 102 Å². The molecule has 0 radical (unpaired) electrons. The molecule has 2 aromatic heterocycles. The van der Waals surface area contributed by atoms with Crippen molar-refractivity contribution in [2.45, 2.75) is 31.7 Å². The SMILES string of the molecule is CN1CCC(Nc2ncc3c(n2)-c2c(c(C(N)=O)nn2C)CC3)CC1. The van der Waals surface area contributed by atoms with Gasteiger partial charge in [0.2, 0.25) is 5.95 Å². The quantitative estimate of drug-likeness (QED) is 0.847. The number of rotatable bonds is 3. The molecule has 4 rings (SSSR count). The summed E-state index contributed by atoms with van der Waals surface area (Å²) in [4.78, 5) is 23.2. The number of nitrogens with zero attached hydrogens (tertiary/aromatic N) is 5. The van der Waals surface area contributed by atoms with Crippen molar-refractivity contribution >= 4 is 11.9 Å². The van der Waals surface area contributed by atoms with E-state index in [-0.39, 0.29) is 0 Å². The van der Waals surface area contributed by atoms with Crippen molar-refractivity contribution in [1.29, 1.82) is 0 Å². The number of aryl methyl sites for hydroxylation is 2. The highest BCUT2D eigenvalue weighted by Crippen LogP contribution is 2.33. The van der Waals surface area contributed by atoms with Crippen molar-refractivity contribution in [3.05, 3.63) is 23.0 Å². The van der Waals surface area contributed by atoms with Crippen LogP contribution in [0.3, 0.4) is 0 Å². The molecule has 0 saturated carbocycles. The van der Waals surface area contributed by atoms with Gasteiger partial charge in [-0.3, -0.25) is 9.48 Å². The van der Waals surface area contributed by atoms with E-state index in [9.17, 15) is 4.79 Å². The molecule has 0 atom stereocenters. The molecule has 2 aromatic rings. The average Bonchev–Trinajstić information content (AvgIpc) is 2.94. The Labute approximate surface area is 146 Å². The van der Waals surface area contributed by atoms with Gasteiger partial charge in [-0.05, 0) is 51.4 Å². The molecule has 1 aliphatic carbocycles. The fourth-order valence-corrected chi connectivity index (χ4v) is 3.76. The smallest absolute Gasteiger partial charge is 0.269 e. The average molecular weight is 341 g/mol. The predicted molar refractivity (Wildman–Crippen MR) is 94.3 cm³/mol. The van der Waals surface area contributed by atoms with Crippen LogP contribution in [-0.2, 0) is 19.9 Å². The number of amides is 1. The van der Waals surface area contributed by atoms with Crippen molar-refractivity contribution in [3.8, 4) is 11.4 Å². The van der Waals surface area contributed by atoms with E-state index in [1.165, 1.54) is 0 Å². The number of hydrogen-bond acceptors (Lipinski definition) is 6. The first-order valence-electron chi connectivity index (χ1n) is 8.70. The minimum Gasteiger partial charge on any atom is -0.364 e. The van der Waals surface area contributed by atoms with Gasteiger partial charge in [0, 0.05) is 24.8 Å². The second kappa shape index (κ2) is 6.11. The van der Waals surface area contributed by atoms with Gasteiger partial charge in [0.25, 0.3) is 5.91 Å². The first-order chi connectivity index (χ1) is 12.0. The summed E-state index contributed by atoms with van der Waals surface area (Å²) >= 11 is 0. The molecule has 8 nitrogen and oxygen atoms in total. The molecular weight excluding hydrogens is 318 g/mol. The number of piperidine rings is 1. The number of carbonyl (C=O) groups is 1. The van der Waals surface area contributed by atoms with Crippen LogP contribution in [0.25, 0.3) is 11.4 Å². The Balaban J connectivity index is 1.66. The molecule has 1 saturated heterocycles. The zero-order valence-corrected chi connectivity index (χ0v) is 14.6. The van der Waals surface area contributed by atoms with Crippen LogP contribution >= 0.6 is 0 Å². The number of anilines is 1. The molecule has 1 amide bonds. The Bertz CT molecular complexity index is 821. The van der Waals surface area contributed by atoms with Crippen LogP contribution in [0.15, 0.2) is 6.20 Å². The molecule has 1 aliphatic heterocycles. The lowest BCUT2D eigenvalue weighted by atomic mass is 9.93. The van der Waals surface area contributed by atoms with Crippen molar-refractivity contribution in [3.63, 3.8) is 0 Å². The molecule has 25 heavy (non-hydrogen) atoms. The van der Waals surface area contributed by atoms with Crippen molar-refractivity contribution in [2.24, 2.45) is 12.8 Å². The summed E-state index contributed by atoms with van der Waals surface area (Å²) in [5, 5.41) is 7.76. The van der Waals surface area contributed by atoms with Crippen LogP contribution in [0.5, 0.6) is 0 Å². The summed E-state index contributed by atoms with van der Waals surface area (Å²) in [6, 6.07) is 0.394. The summed E-state index contributed by atoms with van der Waals surface area (Å²) in [6.45, 7) is 2.16. The van der Waals surface area contributed by atoms with E-state index in [1.54, 1.807) is 4.68 Å². The minimum atomic E-state index is -0.487. The third kappa shape index (κ3) is 2.86. The molecule has 3 heterocycles. The van der Waals surface area contributed by atoms with E-state index in [0.29, 0.717) is 17.7 Å². The number of fused-ring (bicyclic) bond motifs is 3. The van der Waals surface area contributed by atoms with E-state index in [1.807, 2.05) is 13.2 Å². The zero-order chi connectivity index (χ0) is 17.6. The molecule has 8 heteroatoms. The lowest BCUT2D eigenvalue weighted by molar-refractivity contribution is 0.0994. The van der Waals surface area contributed by atoms with Gasteiger partial charge >= 0.3 is 0 Å². The monoisotopic (exact) mass is 341 g/mol. The Morgan fingerprint density at radius 1 is 1.28 bits per heavy atom. The molecule has 1 fully saturated rings. The normalized spacial score (nSPS) is 17.8. The second-order valence-corrected chi connectivity index (χ2v) is 6.95. The van der Waals surface area contributed by atoms with Crippen LogP contribution in [0.2, 0.25) is 0 Å². The first kappa shape index (κ1) is 16.0.